The molecule has 1 saturated heterocycles. The summed E-state index contributed by atoms with van der Waals surface area (Å²) in [6.45, 7) is 7.53. The average molecular weight is 369 g/mol. The van der Waals surface area contributed by atoms with Crippen LogP contribution in [0.1, 0.15) is 41.9 Å². The molecule has 0 amide bonds. The van der Waals surface area contributed by atoms with E-state index in [0.29, 0.717) is 21.6 Å². The predicted octanol–water partition coefficient (Wildman–Crippen LogP) is 3.38. The lowest BCUT2D eigenvalue weighted by Crippen LogP contribution is -2.35. The maximum absolute atomic E-state index is 12.3. The van der Waals surface area contributed by atoms with Crippen LogP contribution in [-0.4, -0.2) is 41.2 Å². The molecule has 6 nitrogen and oxygen atoms in total. The summed E-state index contributed by atoms with van der Waals surface area (Å²) in [5.74, 6) is 0.378. The number of carbonyl (C=O) groups is 1. The zero-order chi connectivity index (χ0) is 17.3. The van der Waals surface area contributed by atoms with Crippen LogP contribution >= 0.6 is 22.9 Å². The summed E-state index contributed by atoms with van der Waals surface area (Å²) in [5.41, 5.74) is 0.841. The molecule has 1 fully saturated rings. The van der Waals surface area contributed by atoms with Gasteiger partial charge in [-0.05, 0) is 63.9 Å². The van der Waals surface area contributed by atoms with E-state index in [-0.39, 0.29) is 17.4 Å². The van der Waals surface area contributed by atoms with Gasteiger partial charge in [0.2, 0.25) is 5.28 Å². The second kappa shape index (κ2) is 7.21. The van der Waals surface area contributed by atoms with Gasteiger partial charge in [0, 0.05) is 6.04 Å². The van der Waals surface area contributed by atoms with Crippen molar-refractivity contribution in [2.45, 2.75) is 45.8 Å². The molecule has 1 aliphatic rings. The average Bonchev–Trinajstić information content (AvgIpc) is 2.84. The zero-order valence-electron chi connectivity index (χ0n) is 14.0. The van der Waals surface area contributed by atoms with E-state index in [1.807, 2.05) is 20.8 Å². The number of nitrogens with zero attached hydrogens (tertiary/aromatic N) is 2. The molecular formula is C16H21ClN4O2S. The van der Waals surface area contributed by atoms with Crippen molar-refractivity contribution in [3.8, 4) is 0 Å². The van der Waals surface area contributed by atoms with Crippen molar-refractivity contribution in [3.05, 3.63) is 15.7 Å². The molecule has 1 aliphatic heterocycles. The maximum atomic E-state index is 12.3. The van der Waals surface area contributed by atoms with Gasteiger partial charge in [-0.1, -0.05) is 0 Å². The third-order valence-corrected chi connectivity index (χ3v) is 5.31. The molecule has 0 spiro atoms. The molecule has 3 rings (SSSR count). The van der Waals surface area contributed by atoms with Gasteiger partial charge in [-0.15, -0.1) is 11.3 Å². The summed E-state index contributed by atoms with van der Waals surface area (Å²) >= 11 is 7.38. The molecule has 0 aliphatic carbocycles. The van der Waals surface area contributed by atoms with Gasteiger partial charge < -0.3 is 15.4 Å². The fourth-order valence-corrected chi connectivity index (χ4v) is 4.12. The molecule has 2 N–H and O–H groups in total. The van der Waals surface area contributed by atoms with E-state index in [2.05, 4.69) is 20.6 Å². The van der Waals surface area contributed by atoms with Crippen molar-refractivity contribution in [1.29, 1.82) is 0 Å². The Morgan fingerprint density at radius 3 is 2.75 bits per heavy atom. The highest BCUT2D eigenvalue weighted by molar-refractivity contribution is 7.20. The summed E-state index contributed by atoms with van der Waals surface area (Å²) in [4.78, 5) is 22.2. The van der Waals surface area contributed by atoms with Crippen LogP contribution in [0.15, 0.2) is 0 Å². The van der Waals surface area contributed by atoms with Gasteiger partial charge >= 0.3 is 5.97 Å². The van der Waals surface area contributed by atoms with Crippen molar-refractivity contribution in [3.63, 3.8) is 0 Å². The van der Waals surface area contributed by atoms with E-state index in [4.69, 9.17) is 16.3 Å². The number of rotatable bonds is 4. The highest BCUT2D eigenvalue weighted by Gasteiger charge is 2.23. The van der Waals surface area contributed by atoms with E-state index in [1.165, 1.54) is 11.3 Å². The van der Waals surface area contributed by atoms with Crippen LogP contribution < -0.4 is 10.6 Å². The van der Waals surface area contributed by atoms with Gasteiger partial charge in [0.1, 0.15) is 15.5 Å². The maximum Gasteiger partial charge on any atom is 0.348 e. The molecule has 2 aromatic heterocycles. The Hall–Kier alpha value is -1.44. The number of hydrogen-bond donors (Lipinski definition) is 2. The van der Waals surface area contributed by atoms with Crippen LogP contribution in [0.4, 0.5) is 5.82 Å². The molecule has 24 heavy (non-hydrogen) atoms. The number of aryl methyl sites for hydroxylation is 1. The third-order valence-electron chi connectivity index (χ3n) is 3.97. The molecule has 3 heterocycles. The number of thiophene rings is 1. The standard InChI is InChI=1S/C16H21ClN4O2S/c1-8(2)23-15(22)12-9(3)11-13(19-10-4-6-18-7-5-10)20-16(17)21-14(11)24-12/h8,10,18H,4-7H2,1-3H3,(H,19,20,21). The Balaban J connectivity index is 1.99. The van der Waals surface area contributed by atoms with Crippen molar-refractivity contribution in [2.75, 3.05) is 18.4 Å². The van der Waals surface area contributed by atoms with Gasteiger partial charge in [-0.25, -0.2) is 14.8 Å². The molecule has 0 aromatic carbocycles. The molecule has 0 atom stereocenters. The molecule has 0 saturated carbocycles. The van der Waals surface area contributed by atoms with E-state index < -0.39 is 0 Å². The molecule has 8 heteroatoms. The van der Waals surface area contributed by atoms with Crippen molar-refractivity contribution in [1.82, 2.24) is 15.3 Å². The first kappa shape index (κ1) is 17.4. The van der Waals surface area contributed by atoms with E-state index in [1.54, 1.807) is 0 Å². The van der Waals surface area contributed by atoms with Crippen molar-refractivity contribution >= 4 is 44.9 Å². The largest absolute Gasteiger partial charge is 0.459 e. The zero-order valence-corrected chi connectivity index (χ0v) is 15.6. The Kier molecular flexibility index (Phi) is 5.22. The first-order valence-corrected chi connectivity index (χ1v) is 9.30. The van der Waals surface area contributed by atoms with Crippen molar-refractivity contribution < 1.29 is 9.53 Å². The van der Waals surface area contributed by atoms with Crippen molar-refractivity contribution in [2.24, 2.45) is 0 Å². The van der Waals surface area contributed by atoms with Crippen LogP contribution in [0.2, 0.25) is 5.28 Å². The number of anilines is 1. The number of nitrogens with one attached hydrogen (secondary N) is 2. The quantitative estimate of drug-likeness (QED) is 0.636. The predicted molar refractivity (Wildman–Crippen MR) is 97.2 cm³/mol. The second-order valence-electron chi connectivity index (χ2n) is 6.20. The first-order valence-electron chi connectivity index (χ1n) is 8.10. The summed E-state index contributed by atoms with van der Waals surface area (Å²) in [7, 11) is 0. The van der Waals surface area contributed by atoms with E-state index in [0.717, 1.165) is 36.9 Å². The lowest BCUT2D eigenvalue weighted by Gasteiger charge is -2.24. The lowest BCUT2D eigenvalue weighted by molar-refractivity contribution is 0.0383. The summed E-state index contributed by atoms with van der Waals surface area (Å²) < 4.78 is 5.33. The number of fused-ring (bicyclic) bond motifs is 1. The SMILES string of the molecule is Cc1c(C(=O)OC(C)C)sc2nc(Cl)nc(NC3CCNCC3)c12. The molecule has 130 valence electrons. The molecule has 0 unspecified atom stereocenters. The van der Waals surface area contributed by atoms with E-state index in [9.17, 15) is 4.79 Å². The minimum Gasteiger partial charge on any atom is -0.459 e. The lowest BCUT2D eigenvalue weighted by atomic mass is 10.1. The normalized spacial score (nSPS) is 15.9. The number of hydrogen-bond acceptors (Lipinski definition) is 7. The summed E-state index contributed by atoms with van der Waals surface area (Å²) in [5, 5.41) is 7.86. The molecular weight excluding hydrogens is 348 g/mol. The minimum absolute atomic E-state index is 0.163. The smallest absolute Gasteiger partial charge is 0.348 e. The third kappa shape index (κ3) is 3.63. The number of aromatic nitrogens is 2. The van der Waals surface area contributed by atoms with Crippen LogP contribution in [0.3, 0.4) is 0 Å². The Morgan fingerprint density at radius 2 is 2.08 bits per heavy atom. The van der Waals surface area contributed by atoms with Gasteiger partial charge in [-0.3, -0.25) is 0 Å². The Labute approximate surface area is 150 Å². The minimum atomic E-state index is -0.325. The first-order chi connectivity index (χ1) is 11.5. The number of esters is 1. The van der Waals surface area contributed by atoms with Gasteiger partial charge in [-0.2, -0.15) is 0 Å². The molecule has 2 aromatic rings. The number of halogens is 1. The Bertz CT molecular complexity index is 756. The van der Waals surface area contributed by atoms with E-state index >= 15 is 0 Å². The molecule has 0 bridgehead atoms. The summed E-state index contributed by atoms with van der Waals surface area (Å²) in [6.07, 6.45) is 1.88. The molecule has 0 radical (unpaired) electrons. The second-order valence-corrected chi connectivity index (χ2v) is 7.54. The fraction of sp³-hybridized carbons (Fsp3) is 0.562. The number of carbonyl (C=O) groups excluding carboxylic acids is 1. The van der Waals surface area contributed by atoms with Gasteiger partial charge in [0.05, 0.1) is 11.5 Å². The monoisotopic (exact) mass is 368 g/mol. The Morgan fingerprint density at radius 1 is 1.38 bits per heavy atom. The van der Waals surface area contributed by atoms with Crippen LogP contribution in [-0.2, 0) is 4.74 Å². The number of piperidine rings is 1. The topological polar surface area (TPSA) is 76.1 Å². The highest BCUT2D eigenvalue weighted by Crippen LogP contribution is 2.35. The van der Waals surface area contributed by atoms with Crippen LogP contribution in [0.5, 0.6) is 0 Å². The summed E-state index contributed by atoms with van der Waals surface area (Å²) in [6, 6.07) is 0.339. The van der Waals surface area contributed by atoms with Crippen LogP contribution in [0, 0.1) is 6.92 Å². The van der Waals surface area contributed by atoms with Gasteiger partial charge in [0.15, 0.2) is 0 Å². The fourth-order valence-electron chi connectivity index (χ4n) is 2.84. The highest BCUT2D eigenvalue weighted by atomic mass is 35.5. The van der Waals surface area contributed by atoms with Crippen LogP contribution in [0.25, 0.3) is 10.2 Å². The van der Waals surface area contributed by atoms with Gasteiger partial charge in [0.25, 0.3) is 0 Å². The number of ether oxygens (including phenoxy) is 1.